The smallest absolute Gasteiger partial charge is 0.258 e. The maximum atomic E-state index is 14.2. The highest BCUT2D eigenvalue weighted by Crippen LogP contribution is 2.25. The number of anilines is 1. The molecule has 0 aliphatic carbocycles. The first kappa shape index (κ1) is 21.8. The number of rotatable bonds is 5. The summed E-state index contributed by atoms with van der Waals surface area (Å²) in [6, 6.07) is 6.68. The van der Waals surface area contributed by atoms with Gasteiger partial charge in [0.25, 0.3) is 5.91 Å². The summed E-state index contributed by atoms with van der Waals surface area (Å²) in [5.41, 5.74) is -0.0854. The summed E-state index contributed by atoms with van der Waals surface area (Å²) in [5.74, 6) is -4.73. The summed E-state index contributed by atoms with van der Waals surface area (Å²) in [4.78, 5) is 23.2. The van der Waals surface area contributed by atoms with Crippen LogP contribution >= 0.6 is 0 Å². The van der Waals surface area contributed by atoms with Gasteiger partial charge in [0, 0.05) is 30.7 Å². The van der Waals surface area contributed by atoms with Gasteiger partial charge in [-0.25, -0.2) is 17.2 Å². The molecule has 2 aromatic carbocycles. The van der Waals surface area contributed by atoms with E-state index < -0.39 is 45.0 Å². The number of benzene rings is 2. The predicted molar refractivity (Wildman–Crippen MR) is 102 cm³/mol. The Kier molecular flexibility index (Phi) is 6.18. The monoisotopic (exact) mass is 437 g/mol. The number of sulfonamides is 1. The molecule has 1 aliphatic heterocycles. The Morgan fingerprint density at radius 1 is 1.13 bits per heavy atom. The van der Waals surface area contributed by atoms with Crippen molar-refractivity contribution in [1.29, 1.82) is 0 Å². The fourth-order valence-corrected chi connectivity index (χ4v) is 4.76. The number of carbonyl (C=O) groups is 2. The van der Waals surface area contributed by atoms with Crippen LogP contribution in [-0.2, 0) is 14.8 Å². The van der Waals surface area contributed by atoms with Crippen molar-refractivity contribution in [2.75, 3.05) is 18.4 Å². The fraction of sp³-hybridized carbons (Fsp3) is 0.300. The van der Waals surface area contributed by atoms with E-state index in [1.54, 1.807) is 6.92 Å². The second kappa shape index (κ2) is 8.49. The number of carbonyl (C=O) groups excluding carboxylic acids is 2. The average molecular weight is 437 g/mol. The van der Waals surface area contributed by atoms with Crippen LogP contribution < -0.4 is 10.4 Å². The molecule has 30 heavy (non-hydrogen) atoms. The Morgan fingerprint density at radius 3 is 2.53 bits per heavy atom. The molecule has 2 aromatic rings. The molecular formula is C20H19F2N2O5S-. The van der Waals surface area contributed by atoms with Crippen molar-refractivity contribution in [1.82, 2.24) is 4.31 Å². The van der Waals surface area contributed by atoms with Crippen LogP contribution in [-0.4, -0.2) is 37.7 Å². The lowest BCUT2D eigenvalue weighted by Gasteiger charge is -2.32. The molecule has 0 aromatic heterocycles. The van der Waals surface area contributed by atoms with E-state index >= 15 is 0 Å². The average Bonchev–Trinajstić information content (AvgIpc) is 2.71. The Hall–Kier alpha value is -2.85. The van der Waals surface area contributed by atoms with Crippen molar-refractivity contribution in [3.05, 3.63) is 59.2 Å². The van der Waals surface area contributed by atoms with Gasteiger partial charge in [0.2, 0.25) is 10.0 Å². The van der Waals surface area contributed by atoms with E-state index in [1.807, 2.05) is 0 Å². The Labute approximate surface area is 172 Å². The molecule has 3 rings (SSSR count). The number of aliphatic carboxylic acids is 1. The Morgan fingerprint density at radius 2 is 1.87 bits per heavy atom. The molecule has 7 nitrogen and oxygen atoms in total. The Balaban J connectivity index is 1.87. The molecular weight excluding hydrogens is 418 g/mol. The number of hydrogen-bond acceptors (Lipinski definition) is 5. The number of amides is 1. The van der Waals surface area contributed by atoms with Crippen LogP contribution in [0.25, 0.3) is 0 Å². The highest BCUT2D eigenvalue weighted by molar-refractivity contribution is 7.89. The van der Waals surface area contributed by atoms with Gasteiger partial charge in [0.1, 0.15) is 11.6 Å². The third-order valence-electron chi connectivity index (χ3n) is 4.97. The van der Waals surface area contributed by atoms with Crippen LogP contribution in [0.5, 0.6) is 0 Å². The minimum atomic E-state index is -4.15. The SMILES string of the molecule is Cc1ccc(NC(=O)c2cc(S(=O)(=O)N3CCCC(C(=O)[O-])C3)ccc2F)cc1F. The van der Waals surface area contributed by atoms with Gasteiger partial charge in [-0.2, -0.15) is 4.31 Å². The van der Waals surface area contributed by atoms with Crippen molar-refractivity contribution in [3.8, 4) is 0 Å². The molecule has 0 bridgehead atoms. The second-order valence-corrected chi connectivity index (χ2v) is 9.02. The topological polar surface area (TPSA) is 107 Å². The van der Waals surface area contributed by atoms with E-state index in [9.17, 15) is 31.9 Å². The molecule has 1 saturated heterocycles. The lowest BCUT2D eigenvalue weighted by Crippen LogP contribution is -2.46. The lowest BCUT2D eigenvalue weighted by atomic mass is 10.0. The molecule has 0 spiro atoms. The zero-order valence-corrected chi connectivity index (χ0v) is 16.8. The molecule has 1 heterocycles. The number of hydrogen-bond donors (Lipinski definition) is 1. The number of nitrogens with one attached hydrogen (secondary N) is 1. The molecule has 1 atom stereocenters. The van der Waals surface area contributed by atoms with Crippen molar-refractivity contribution in [2.24, 2.45) is 5.92 Å². The van der Waals surface area contributed by atoms with Crippen LogP contribution in [0, 0.1) is 24.5 Å². The van der Waals surface area contributed by atoms with Crippen LogP contribution in [0.4, 0.5) is 14.5 Å². The first-order chi connectivity index (χ1) is 14.1. The van der Waals surface area contributed by atoms with Crippen LogP contribution in [0.15, 0.2) is 41.3 Å². The van der Waals surface area contributed by atoms with Crippen molar-refractivity contribution in [3.63, 3.8) is 0 Å². The van der Waals surface area contributed by atoms with Gasteiger partial charge in [0.15, 0.2) is 0 Å². The van der Waals surface area contributed by atoms with Gasteiger partial charge >= 0.3 is 0 Å². The predicted octanol–water partition coefficient (Wildman–Crippen LogP) is 1.68. The molecule has 1 unspecified atom stereocenters. The zero-order valence-electron chi connectivity index (χ0n) is 16.0. The van der Waals surface area contributed by atoms with Crippen LogP contribution in [0.1, 0.15) is 28.8 Å². The minimum Gasteiger partial charge on any atom is -0.550 e. The molecule has 160 valence electrons. The van der Waals surface area contributed by atoms with E-state index in [4.69, 9.17) is 0 Å². The van der Waals surface area contributed by atoms with E-state index in [0.29, 0.717) is 18.4 Å². The first-order valence-corrected chi connectivity index (χ1v) is 10.6. The number of carboxylic acid groups (broad SMARTS) is 1. The molecule has 1 aliphatic rings. The second-order valence-electron chi connectivity index (χ2n) is 7.08. The maximum absolute atomic E-state index is 14.2. The molecule has 0 radical (unpaired) electrons. The van der Waals surface area contributed by atoms with E-state index in [2.05, 4.69) is 5.32 Å². The van der Waals surface area contributed by atoms with Crippen LogP contribution in [0.3, 0.4) is 0 Å². The highest BCUT2D eigenvalue weighted by Gasteiger charge is 2.31. The van der Waals surface area contributed by atoms with Gasteiger partial charge in [-0.3, -0.25) is 4.79 Å². The minimum absolute atomic E-state index is 0.0867. The number of carboxylic acids is 1. The van der Waals surface area contributed by atoms with Gasteiger partial charge in [-0.1, -0.05) is 6.07 Å². The maximum Gasteiger partial charge on any atom is 0.258 e. The molecule has 1 N–H and O–H groups in total. The van der Waals surface area contributed by atoms with Crippen molar-refractivity contribution >= 4 is 27.6 Å². The third kappa shape index (κ3) is 4.49. The van der Waals surface area contributed by atoms with Gasteiger partial charge in [0.05, 0.1) is 10.5 Å². The quantitative estimate of drug-likeness (QED) is 0.766. The fourth-order valence-electron chi connectivity index (χ4n) is 3.21. The first-order valence-electron chi connectivity index (χ1n) is 9.17. The number of halogens is 2. The largest absolute Gasteiger partial charge is 0.550 e. The van der Waals surface area contributed by atoms with Gasteiger partial charge < -0.3 is 15.2 Å². The number of aryl methyl sites for hydroxylation is 1. The summed E-state index contributed by atoms with van der Waals surface area (Å²) in [7, 11) is -4.15. The molecule has 0 saturated carbocycles. The molecule has 1 fully saturated rings. The van der Waals surface area contributed by atoms with Crippen molar-refractivity contribution < 1.29 is 31.9 Å². The number of piperidine rings is 1. The van der Waals surface area contributed by atoms with E-state index in [1.165, 1.54) is 12.1 Å². The van der Waals surface area contributed by atoms with Gasteiger partial charge in [-0.05, 0) is 55.7 Å². The Bertz CT molecular complexity index is 1100. The van der Waals surface area contributed by atoms with E-state index in [0.717, 1.165) is 28.6 Å². The normalized spacial score (nSPS) is 17.5. The summed E-state index contributed by atoms with van der Waals surface area (Å²) in [6.45, 7) is 1.39. The van der Waals surface area contributed by atoms with Crippen LogP contribution in [0.2, 0.25) is 0 Å². The summed E-state index contributed by atoms with van der Waals surface area (Å²) in [6.07, 6.45) is 0.643. The molecule has 10 heteroatoms. The lowest BCUT2D eigenvalue weighted by molar-refractivity contribution is -0.312. The van der Waals surface area contributed by atoms with E-state index in [-0.39, 0.29) is 23.7 Å². The standard InChI is InChI=1S/C20H20F2N2O5S/c1-12-4-5-14(9-18(12)22)23-19(25)16-10-15(6-7-17(16)21)30(28,29)24-8-2-3-13(11-24)20(26)27/h4-7,9-10,13H,2-3,8,11H2,1H3,(H,23,25)(H,26,27)/p-1. The van der Waals surface area contributed by atoms with Crippen molar-refractivity contribution in [2.45, 2.75) is 24.7 Å². The summed E-state index contributed by atoms with van der Waals surface area (Å²) >= 11 is 0. The summed E-state index contributed by atoms with van der Waals surface area (Å²) in [5, 5.41) is 13.4. The third-order valence-corrected chi connectivity index (χ3v) is 6.83. The zero-order chi connectivity index (χ0) is 22.1. The molecule has 1 amide bonds. The highest BCUT2D eigenvalue weighted by atomic mass is 32.2. The summed E-state index contributed by atoms with van der Waals surface area (Å²) < 4.78 is 54.7. The number of nitrogens with zero attached hydrogens (tertiary/aromatic N) is 1. The van der Waals surface area contributed by atoms with Gasteiger partial charge in [-0.15, -0.1) is 0 Å².